The Morgan fingerprint density at radius 3 is 2.48 bits per heavy atom. The fourth-order valence-electron chi connectivity index (χ4n) is 3.93. The van der Waals surface area contributed by atoms with Gasteiger partial charge in [0.05, 0.1) is 27.7 Å². The number of aromatic nitrogens is 1. The summed E-state index contributed by atoms with van der Waals surface area (Å²) >= 11 is 1.77. The Bertz CT molecular complexity index is 961. The highest BCUT2D eigenvalue weighted by Gasteiger charge is 2.27. The van der Waals surface area contributed by atoms with Gasteiger partial charge in [-0.2, -0.15) is 0 Å². The summed E-state index contributed by atoms with van der Waals surface area (Å²) in [5, 5.41) is 4.10. The normalized spacial score (nSPS) is 16.0. The molecule has 6 heteroatoms. The first-order valence-corrected chi connectivity index (χ1v) is 10.9. The van der Waals surface area contributed by atoms with Gasteiger partial charge in [-0.1, -0.05) is 42.5 Å². The van der Waals surface area contributed by atoms with Gasteiger partial charge in [0, 0.05) is 25.9 Å². The summed E-state index contributed by atoms with van der Waals surface area (Å²) in [6.45, 7) is 2.96. The second kappa shape index (κ2) is 8.74. The van der Waals surface area contributed by atoms with Gasteiger partial charge >= 0.3 is 0 Å². The van der Waals surface area contributed by atoms with E-state index in [1.165, 1.54) is 16.6 Å². The number of para-hydroxylation sites is 1. The molecule has 1 fully saturated rings. The highest BCUT2D eigenvalue weighted by atomic mass is 32.1. The highest BCUT2D eigenvalue weighted by Crippen LogP contribution is 2.34. The maximum atomic E-state index is 12.9. The molecular formula is C23H25N3O2S. The average Bonchev–Trinajstić information content (AvgIpc) is 3.18. The molecule has 0 radical (unpaired) electrons. The summed E-state index contributed by atoms with van der Waals surface area (Å²) in [7, 11) is 0. The number of carbonyl (C=O) groups excluding carboxylic acids is 2. The molecule has 2 amide bonds. The van der Waals surface area contributed by atoms with E-state index in [0.29, 0.717) is 5.92 Å². The largest absolute Gasteiger partial charge is 0.349 e. The molecule has 5 nitrogen and oxygen atoms in total. The minimum Gasteiger partial charge on any atom is -0.349 e. The Hall–Kier alpha value is -2.73. The van der Waals surface area contributed by atoms with Crippen molar-refractivity contribution in [1.29, 1.82) is 0 Å². The highest BCUT2D eigenvalue weighted by molar-refractivity contribution is 7.18. The van der Waals surface area contributed by atoms with Crippen LogP contribution in [0.4, 0.5) is 0 Å². The zero-order valence-electron chi connectivity index (χ0n) is 16.5. The number of hydrogen-bond acceptors (Lipinski definition) is 4. The molecule has 1 unspecified atom stereocenters. The third-order valence-electron chi connectivity index (χ3n) is 5.47. The van der Waals surface area contributed by atoms with Crippen molar-refractivity contribution in [3.63, 3.8) is 0 Å². The molecular weight excluding hydrogens is 382 g/mol. The molecule has 1 N–H and O–H groups in total. The fourth-order valence-corrected chi connectivity index (χ4v) is 5.06. The minimum absolute atomic E-state index is 0.0929. The van der Waals surface area contributed by atoms with E-state index in [1.807, 2.05) is 47.4 Å². The van der Waals surface area contributed by atoms with Crippen molar-refractivity contribution in [3.05, 3.63) is 65.2 Å². The number of rotatable bonds is 5. The first-order chi connectivity index (χ1) is 14.1. The van der Waals surface area contributed by atoms with Crippen molar-refractivity contribution in [3.8, 4) is 0 Å². The van der Waals surface area contributed by atoms with Gasteiger partial charge in [-0.25, -0.2) is 4.98 Å². The van der Waals surface area contributed by atoms with Crippen LogP contribution in [0.15, 0.2) is 54.6 Å². The van der Waals surface area contributed by atoms with E-state index in [4.69, 9.17) is 4.98 Å². The van der Waals surface area contributed by atoms with Gasteiger partial charge in [0.15, 0.2) is 0 Å². The Balaban J connectivity index is 1.38. The molecule has 0 spiro atoms. The van der Waals surface area contributed by atoms with E-state index in [-0.39, 0.29) is 24.3 Å². The lowest BCUT2D eigenvalue weighted by atomic mass is 9.96. The van der Waals surface area contributed by atoms with E-state index < -0.39 is 0 Å². The van der Waals surface area contributed by atoms with E-state index >= 15 is 0 Å². The van der Waals surface area contributed by atoms with E-state index in [0.717, 1.165) is 37.0 Å². The molecule has 2 heterocycles. The van der Waals surface area contributed by atoms with Gasteiger partial charge in [0.2, 0.25) is 11.8 Å². The minimum atomic E-state index is -0.289. The first kappa shape index (κ1) is 19.6. The molecule has 1 aliphatic heterocycles. The monoisotopic (exact) mass is 407 g/mol. The van der Waals surface area contributed by atoms with Gasteiger partial charge in [-0.3, -0.25) is 9.59 Å². The molecule has 3 aromatic rings. The van der Waals surface area contributed by atoms with Gasteiger partial charge in [0.25, 0.3) is 0 Å². The second-order valence-electron chi connectivity index (χ2n) is 7.54. The smallest absolute Gasteiger partial charge is 0.224 e. The number of amides is 2. The van der Waals surface area contributed by atoms with Crippen LogP contribution in [0.25, 0.3) is 10.2 Å². The van der Waals surface area contributed by atoms with Crippen LogP contribution < -0.4 is 5.32 Å². The zero-order valence-corrected chi connectivity index (χ0v) is 17.3. The van der Waals surface area contributed by atoms with Crippen molar-refractivity contribution in [2.75, 3.05) is 13.1 Å². The summed E-state index contributed by atoms with van der Waals surface area (Å²) < 4.78 is 1.22. The van der Waals surface area contributed by atoms with Crippen molar-refractivity contribution in [2.45, 2.75) is 38.1 Å². The summed E-state index contributed by atoms with van der Waals surface area (Å²) in [5.41, 5.74) is 2.02. The Morgan fingerprint density at radius 2 is 1.79 bits per heavy atom. The van der Waals surface area contributed by atoms with Gasteiger partial charge in [-0.05, 0) is 30.5 Å². The number of piperidine rings is 1. The summed E-state index contributed by atoms with van der Waals surface area (Å²) in [5.74, 6) is 0.383. The van der Waals surface area contributed by atoms with Crippen molar-refractivity contribution in [2.24, 2.45) is 0 Å². The lowest BCUT2D eigenvalue weighted by Crippen LogP contribution is -2.40. The summed E-state index contributed by atoms with van der Waals surface area (Å²) in [6.07, 6.45) is 2.15. The number of benzene rings is 2. The van der Waals surface area contributed by atoms with Crippen molar-refractivity contribution in [1.82, 2.24) is 15.2 Å². The van der Waals surface area contributed by atoms with Crippen molar-refractivity contribution < 1.29 is 9.59 Å². The molecule has 0 aliphatic carbocycles. The molecule has 4 rings (SSSR count). The third-order valence-corrected chi connectivity index (χ3v) is 6.66. The summed E-state index contributed by atoms with van der Waals surface area (Å²) in [6, 6.07) is 17.6. The second-order valence-corrected chi connectivity index (χ2v) is 8.61. The standard InChI is InChI=1S/C23H25N3O2S/c1-16(27)24-20(17-7-3-2-4-8-17)15-22(28)26-13-11-18(12-14-26)23-25-19-9-5-6-10-21(19)29-23/h2-10,18,20H,11-15H2,1H3,(H,24,27). The number of likely N-dealkylation sites (tertiary alicyclic amines) is 1. The number of hydrogen-bond donors (Lipinski definition) is 1. The topological polar surface area (TPSA) is 62.3 Å². The number of fused-ring (bicyclic) bond motifs is 1. The van der Waals surface area contributed by atoms with Gasteiger partial charge in [-0.15, -0.1) is 11.3 Å². The van der Waals surface area contributed by atoms with Crippen LogP contribution in [0.5, 0.6) is 0 Å². The van der Waals surface area contributed by atoms with Crippen LogP contribution in [-0.4, -0.2) is 34.8 Å². The lowest BCUT2D eigenvalue weighted by molar-refractivity contribution is -0.133. The zero-order chi connectivity index (χ0) is 20.2. The molecule has 1 aliphatic rings. The number of carbonyl (C=O) groups is 2. The van der Waals surface area contributed by atoms with Crippen LogP contribution in [0.1, 0.15) is 48.7 Å². The molecule has 29 heavy (non-hydrogen) atoms. The quantitative estimate of drug-likeness (QED) is 0.687. The third kappa shape index (κ3) is 4.65. The van der Waals surface area contributed by atoms with Crippen molar-refractivity contribution >= 4 is 33.4 Å². The Kier molecular flexibility index (Phi) is 5.90. The van der Waals surface area contributed by atoms with Crippen LogP contribution in [0.2, 0.25) is 0 Å². The van der Waals surface area contributed by atoms with Gasteiger partial charge in [0.1, 0.15) is 0 Å². The molecule has 1 saturated heterocycles. The fraction of sp³-hybridized carbons (Fsp3) is 0.348. The van der Waals surface area contributed by atoms with Crippen LogP contribution in [0.3, 0.4) is 0 Å². The number of nitrogens with one attached hydrogen (secondary N) is 1. The van der Waals surface area contributed by atoms with Gasteiger partial charge < -0.3 is 10.2 Å². The lowest BCUT2D eigenvalue weighted by Gasteiger charge is -2.32. The predicted octanol–water partition coefficient (Wildman–Crippen LogP) is 4.27. The number of thiazole rings is 1. The molecule has 0 saturated carbocycles. The molecule has 150 valence electrons. The van der Waals surface area contributed by atoms with E-state index in [1.54, 1.807) is 11.3 Å². The maximum absolute atomic E-state index is 12.9. The number of nitrogens with zero attached hydrogens (tertiary/aromatic N) is 2. The maximum Gasteiger partial charge on any atom is 0.224 e. The van der Waals surface area contributed by atoms with Crippen LogP contribution in [-0.2, 0) is 9.59 Å². The Morgan fingerprint density at radius 1 is 1.10 bits per heavy atom. The molecule has 1 aromatic heterocycles. The molecule has 2 aromatic carbocycles. The SMILES string of the molecule is CC(=O)NC(CC(=O)N1CCC(c2nc3ccccc3s2)CC1)c1ccccc1. The Labute approximate surface area is 174 Å². The molecule has 0 bridgehead atoms. The molecule has 1 atom stereocenters. The average molecular weight is 408 g/mol. The predicted molar refractivity (Wildman–Crippen MR) is 116 cm³/mol. The van der Waals surface area contributed by atoms with E-state index in [9.17, 15) is 9.59 Å². The van der Waals surface area contributed by atoms with Crippen LogP contribution in [0, 0.1) is 0 Å². The first-order valence-electron chi connectivity index (χ1n) is 10.1. The summed E-state index contributed by atoms with van der Waals surface area (Å²) in [4.78, 5) is 31.3. The van der Waals surface area contributed by atoms with E-state index in [2.05, 4.69) is 17.4 Å². The van der Waals surface area contributed by atoms with Crippen LogP contribution >= 0.6 is 11.3 Å².